The molecule has 3 N–H and O–H groups in total. The number of hydrogen-bond donors (Lipinski definition) is 3. The van der Waals surface area contributed by atoms with Crippen LogP contribution in [0.25, 0.3) is 0 Å². The summed E-state index contributed by atoms with van der Waals surface area (Å²) in [5.74, 6) is 0. The van der Waals surface area contributed by atoms with Gasteiger partial charge in [-0.25, -0.2) is 0 Å². The Morgan fingerprint density at radius 3 is 2.00 bits per heavy atom. The van der Waals surface area contributed by atoms with Gasteiger partial charge in [0, 0.05) is 26.2 Å². The first-order valence-corrected chi connectivity index (χ1v) is 5.47. The van der Waals surface area contributed by atoms with E-state index in [0.717, 1.165) is 26.2 Å². The molecule has 13 heavy (non-hydrogen) atoms. The van der Waals surface area contributed by atoms with Gasteiger partial charge in [0.15, 0.2) is 0 Å². The van der Waals surface area contributed by atoms with Crippen molar-refractivity contribution in [1.82, 2.24) is 16.0 Å². The first kappa shape index (κ1) is 12.9. The molecule has 0 amide bonds. The Bertz CT molecular complexity index is 76.2. The van der Waals surface area contributed by atoms with E-state index in [4.69, 9.17) is 0 Å². The summed E-state index contributed by atoms with van der Waals surface area (Å²) in [4.78, 5) is 0. The van der Waals surface area contributed by atoms with Gasteiger partial charge in [0.05, 0.1) is 0 Å². The summed E-state index contributed by atoms with van der Waals surface area (Å²) >= 11 is 0. The molecule has 0 aliphatic carbocycles. The molecule has 0 bridgehead atoms. The van der Waals surface area contributed by atoms with E-state index < -0.39 is 0 Å². The Hall–Kier alpha value is -0.120. The van der Waals surface area contributed by atoms with Crippen LogP contribution in [0.1, 0.15) is 26.2 Å². The van der Waals surface area contributed by atoms with Crippen molar-refractivity contribution in [3.63, 3.8) is 0 Å². The summed E-state index contributed by atoms with van der Waals surface area (Å²) in [6.07, 6.45) is 3.97. The Labute approximate surface area is 82.7 Å². The summed E-state index contributed by atoms with van der Waals surface area (Å²) in [5.41, 5.74) is 0. The smallest absolute Gasteiger partial charge is 0.00772 e. The quantitative estimate of drug-likeness (QED) is 0.438. The molecular formula is C10H25N3. The molecule has 0 saturated carbocycles. The number of rotatable bonds is 10. The van der Waals surface area contributed by atoms with Crippen LogP contribution in [0.2, 0.25) is 0 Å². The molecule has 0 radical (unpaired) electrons. The van der Waals surface area contributed by atoms with Crippen molar-refractivity contribution in [2.75, 3.05) is 39.8 Å². The van der Waals surface area contributed by atoms with Gasteiger partial charge in [-0.3, -0.25) is 0 Å². The van der Waals surface area contributed by atoms with Crippen LogP contribution in [-0.4, -0.2) is 39.8 Å². The first-order valence-electron chi connectivity index (χ1n) is 5.47. The van der Waals surface area contributed by atoms with E-state index in [1.165, 1.54) is 25.8 Å². The van der Waals surface area contributed by atoms with Crippen LogP contribution in [0.3, 0.4) is 0 Å². The molecule has 0 aliphatic heterocycles. The van der Waals surface area contributed by atoms with Crippen LogP contribution in [0.15, 0.2) is 0 Å². The number of unbranched alkanes of at least 4 members (excludes halogenated alkanes) is 2. The highest BCUT2D eigenvalue weighted by molar-refractivity contribution is 4.53. The van der Waals surface area contributed by atoms with Crippen LogP contribution < -0.4 is 16.0 Å². The molecule has 3 nitrogen and oxygen atoms in total. The van der Waals surface area contributed by atoms with Crippen molar-refractivity contribution < 1.29 is 0 Å². The fourth-order valence-corrected chi connectivity index (χ4v) is 1.14. The summed E-state index contributed by atoms with van der Waals surface area (Å²) in [7, 11) is 1.98. The fourth-order valence-electron chi connectivity index (χ4n) is 1.14. The number of nitrogens with one attached hydrogen (secondary N) is 3. The normalized spacial score (nSPS) is 10.6. The van der Waals surface area contributed by atoms with Crippen molar-refractivity contribution in [3.8, 4) is 0 Å². The third-order valence-electron chi connectivity index (χ3n) is 1.99. The van der Waals surface area contributed by atoms with E-state index in [2.05, 4.69) is 22.9 Å². The van der Waals surface area contributed by atoms with Crippen molar-refractivity contribution in [2.24, 2.45) is 0 Å². The largest absolute Gasteiger partial charge is 0.318 e. The van der Waals surface area contributed by atoms with Gasteiger partial charge in [-0.2, -0.15) is 0 Å². The molecule has 0 aromatic carbocycles. The summed E-state index contributed by atoms with van der Waals surface area (Å²) < 4.78 is 0. The van der Waals surface area contributed by atoms with E-state index >= 15 is 0 Å². The van der Waals surface area contributed by atoms with E-state index in [1.807, 2.05) is 7.05 Å². The fraction of sp³-hybridized carbons (Fsp3) is 1.00. The predicted octanol–water partition coefficient (Wildman–Crippen LogP) is 0.575. The van der Waals surface area contributed by atoms with E-state index in [1.54, 1.807) is 0 Å². The second kappa shape index (κ2) is 11.9. The third kappa shape index (κ3) is 11.9. The summed E-state index contributed by atoms with van der Waals surface area (Å²) in [6.45, 7) is 7.69. The Balaban J connectivity index is 2.76. The topological polar surface area (TPSA) is 36.1 Å². The molecule has 0 saturated heterocycles. The van der Waals surface area contributed by atoms with E-state index in [0.29, 0.717) is 0 Å². The van der Waals surface area contributed by atoms with Crippen LogP contribution >= 0.6 is 0 Å². The second-order valence-corrected chi connectivity index (χ2v) is 3.31. The van der Waals surface area contributed by atoms with Crippen molar-refractivity contribution in [2.45, 2.75) is 26.2 Å². The molecule has 0 aromatic rings. The van der Waals surface area contributed by atoms with Crippen LogP contribution in [-0.2, 0) is 0 Å². The monoisotopic (exact) mass is 187 g/mol. The zero-order valence-electron chi connectivity index (χ0n) is 9.16. The van der Waals surface area contributed by atoms with Gasteiger partial charge in [0.2, 0.25) is 0 Å². The summed E-state index contributed by atoms with van der Waals surface area (Å²) in [6, 6.07) is 0. The van der Waals surface area contributed by atoms with E-state index in [-0.39, 0.29) is 0 Å². The molecule has 0 fully saturated rings. The minimum Gasteiger partial charge on any atom is -0.318 e. The molecule has 0 atom stereocenters. The maximum atomic E-state index is 3.41. The van der Waals surface area contributed by atoms with Gasteiger partial charge >= 0.3 is 0 Å². The molecule has 0 heterocycles. The van der Waals surface area contributed by atoms with Gasteiger partial charge in [0.1, 0.15) is 0 Å². The van der Waals surface area contributed by atoms with Crippen LogP contribution in [0.5, 0.6) is 0 Å². The average molecular weight is 187 g/mol. The average Bonchev–Trinajstić information content (AvgIpc) is 2.16. The number of hydrogen-bond acceptors (Lipinski definition) is 3. The lowest BCUT2D eigenvalue weighted by molar-refractivity contribution is 0.576. The lowest BCUT2D eigenvalue weighted by Gasteiger charge is -2.05. The van der Waals surface area contributed by atoms with Gasteiger partial charge in [0.25, 0.3) is 0 Å². The summed E-state index contributed by atoms with van der Waals surface area (Å²) in [5, 5.41) is 9.87. The lowest BCUT2D eigenvalue weighted by Crippen LogP contribution is -2.31. The Morgan fingerprint density at radius 1 is 0.769 bits per heavy atom. The second-order valence-electron chi connectivity index (χ2n) is 3.31. The standard InChI is InChI=1S/C10H25N3/c1-3-4-5-6-12-9-10-13-8-7-11-2/h11-13H,3-10H2,1-2H3. The van der Waals surface area contributed by atoms with Crippen molar-refractivity contribution >= 4 is 0 Å². The van der Waals surface area contributed by atoms with Crippen LogP contribution in [0, 0.1) is 0 Å². The maximum Gasteiger partial charge on any atom is 0.00772 e. The molecule has 0 unspecified atom stereocenters. The molecule has 0 aliphatic rings. The Morgan fingerprint density at radius 2 is 1.38 bits per heavy atom. The molecule has 0 spiro atoms. The predicted molar refractivity (Wildman–Crippen MR) is 59.2 cm³/mol. The minimum absolute atomic E-state index is 1.05. The van der Waals surface area contributed by atoms with Crippen LogP contribution in [0.4, 0.5) is 0 Å². The Kier molecular flexibility index (Phi) is 11.8. The third-order valence-corrected chi connectivity index (χ3v) is 1.99. The SMILES string of the molecule is CCCCCNCCNCCNC. The zero-order valence-corrected chi connectivity index (χ0v) is 9.16. The molecule has 0 aromatic heterocycles. The van der Waals surface area contributed by atoms with Crippen molar-refractivity contribution in [1.29, 1.82) is 0 Å². The van der Waals surface area contributed by atoms with E-state index in [9.17, 15) is 0 Å². The van der Waals surface area contributed by atoms with Gasteiger partial charge in [-0.15, -0.1) is 0 Å². The highest BCUT2D eigenvalue weighted by atomic mass is 15.0. The highest BCUT2D eigenvalue weighted by Crippen LogP contribution is 1.90. The highest BCUT2D eigenvalue weighted by Gasteiger charge is 1.87. The first-order chi connectivity index (χ1) is 6.41. The minimum atomic E-state index is 1.05. The lowest BCUT2D eigenvalue weighted by atomic mass is 10.2. The van der Waals surface area contributed by atoms with Gasteiger partial charge in [-0.1, -0.05) is 19.8 Å². The molecular weight excluding hydrogens is 162 g/mol. The van der Waals surface area contributed by atoms with Gasteiger partial charge in [-0.05, 0) is 20.0 Å². The molecule has 0 rings (SSSR count). The number of likely N-dealkylation sites (N-methyl/N-ethyl adjacent to an activating group) is 1. The molecule has 80 valence electrons. The van der Waals surface area contributed by atoms with Crippen molar-refractivity contribution in [3.05, 3.63) is 0 Å². The zero-order chi connectivity index (χ0) is 9.78. The van der Waals surface area contributed by atoms with Gasteiger partial charge < -0.3 is 16.0 Å². The maximum absolute atomic E-state index is 3.41. The molecule has 3 heteroatoms.